The van der Waals surface area contributed by atoms with Crippen LogP contribution in [-0.2, 0) is 5.41 Å². The van der Waals surface area contributed by atoms with E-state index in [4.69, 9.17) is 11.0 Å². The van der Waals surface area contributed by atoms with Gasteiger partial charge in [-0.15, -0.1) is 22.7 Å². The summed E-state index contributed by atoms with van der Waals surface area (Å²) in [6.07, 6.45) is 1.67. The number of thiophene rings is 2. The number of anilines is 3. The zero-order chi connectivity index (χ0) is 29.0. The minimum atomic E-state index is 0.0659. The maximum atomic E-state index is 9.17. The molecule has 0 aliphatic heterocycles. The molecule has 7 rings (SSSR count). The zero-order valence-electron chi connectivity index (χ0n) is 23.3. The molecular formula is C36H25N3OS2. The number of hydrogen-bond acceptors (Lipinski definition) is 5. The molecule has 4 nitrogen and oxygen atoms in total. The molecule has 3 heterocycles. The Morgan fingerprint density at radius 2 is 1.52 bits per heavy atom. The van der Waals surface area contributed by atoms with Gasteiger partial charge in [-0.3, -0.25) is 0 Å². The maximum Gasteiger partial charge on any atom is 0.263 e. The van der Waals surface area contributed by atoms with Gasteiger partial charge in [0.15, 0.2) is 0 Å². The topological polar surface area (TPSA) is 44.5 Å². The molecule has 3 aromatic heterocycles. The molecule has 0 radical (unpaired) electrons. The van der Waals surface area contributed by atoms with Crippen LogP contribution in [0.3, 0.4) is 0 Å². The van der Waals surface area contributed by atoms with Crippen LogP contribution in [-0.4, -0.2) is 0 Å². The normalized spacial score (nSPS) is 12.3. The highest BCUT2D eigenvalue weighted by atomic mass is 32.1. The fourth-order valence-corrected chi connectivity index (χ4v) is 7.91. The van der Waals surface area contributed by atoms with Crippen molar-refractivity contribution in [3.8, 4) is 6.07 Å². The van der Waals surface area contributed by atoms with E-state index in [1.165, 1.54) is 20.3 Å². The van der Waals surface area contributed by atoms with Crippen LogP contribution < -0.4 is 4.90 Å². The Morgan fingerprint density at radius 1 is 0.810 bits per heavy atom. The van der Waals surface area contributed by atoms with Gasteiger partial charge < -0.3 is 9.32 Å². The lowest BCUT2D eigenvalue weighted by atomic mass is 9.87. The van der Waals surface area contributed by atoms with Crippen LogP contribution in [0, 0.1) is 17.9 Å². The molecular weight excluding hydrogens is 555 g/mol. The first-order chi connectivity index (χ1) is 20.3. The van der Waals surface area contributed by atoms with Gasteiger partial charge in [-0.1, -0.05) is 57.2 Å². The Labute approximate surface area is 251 Å². The highest BCUT2D eigenvalue weighted by molar-refractivity contribution is 7.33. The minimum absolute atomic E-state index is 0.0659. The van der Waals surface area contributed by atoms with Crippen LogP contribution in [0.2, 0.25) is 0 Å². The SMILES string of the molecule is [C-]#[N+]/C(C#N)=C\c1cc2sc3cc(N(c4ccc(C(C)(C)C)cc4)c4ccc5oc6ccccc6c5c4)ccc3c2s1. The first-order valence-corrected chi connectivity index (χ1v) is 15.2. The molecule has 0 aliphatic rings. The summed E-state index contributed by atoms with van der Waals surface area (Å²) in [7, 11) is 0. The fourth-order valence-electron chi connectivity index (χ4n) is 5.40. The highest BCUT2D eigenvalue weighted by Gasteiger charge is 2.19. The van der Waals surface area contributed by atoms with Crippen LogP contribution in [0.15, 0.2) is 101 Å². The van der Waals surface area contributed by atoms with Crippen LogP contribution in [0.4, 0.5) is 17.1 Å². The number of hydrogen-bond donors (Lipinski definition) is 0. The Hall–Kier alpha value is -4.88. The number of furan rings is 1. The van der Waals surface area contributed by atoms with Crippen LogP contribution in [0.1, 0.15) is 31.2 Å². The van der Waals surface area contributed by atoms with E-state index in [1.807, 2.05) is 24.3 Å². The first-order valence-electron chi connectivity index (χ1n) is 13.6. The summed E-state index contributed by atoms with van der Waals surface area (Å²) in [4.78, 5) is 6.54. The van der Waals surface area contributed by atoms with E-state index < -0.39 is 0 Å². The van der Waals surface area contributed by atoms with E-state index in [1.54, 1.807) is 28.7 Å². The molecule has 0 unspecified atom stereocenters. The predicted molar refractivity (Wildman–Crippen MR) is 178 cm³/mol. The Morgan fingerprint density at radius 3 is 2.29 bits per heavy atom. The Balaban J connectivity index is 1.38. The van der Waals surface area contributed by atoms with Crippen molar-refractivity contribution in [3.05, 3.63) is 119 Å². The van der Waals surface area contributed by atoms with Crippen molar-refractivity contribution >= 4 is 87.2 Å². The van der Waals surface area contributed by atoms with Gasteiger partial charge in [-0.05, 0) is 71.7 Å². The van der Waals surface area contributed by atoms with E-state index >= 15 is 0 Å². The largest absolute Gasteiger partial charge is 0.456 e. The third kappa shape index (κ3) is 4.43. The highest BCUT2D eigenvalue weighted by Crippen LogP contribution is 2.44. The average molecular weight is 580 g/mol. The van der Waals surface area contributed by atoms with Gasteiger partial charge in [-0.2, -0.15) is 0 Å². The molecule has 0 saturated carbocycles. The summed E-state index contributed by atoms with van der Waals surface area (Å²) in [6.45, 7) is 13.9. The van der Waals surface area contributed by atoms with Gasteiger partial charge in [0.2, 0.25) is 0 Å². The molecule has 202 valence electrons. The number of allylic oxidation sites excluding steroid dienone is 1. The van der Waals surface area contributed by atoms with E-state index in [-0.39, 0.29) is 11.1 Å². The van der Waals surface area contributed by atoms with Crippen LogP contribution >= 0.6 is 22.7 Å². The summed E-state index contributed by atoms with van der Waals surface area (Å²) in [5.74, 6) is 0. The van der Waals surface area contributed by atoms with Crippen LogP contribution in [0.5, 0.6) is 0 Å². The molecule has 0 N–H and O–H groups in total. The molecule has 0 amide bonds. The van der Waals surface area contributed by atoms with Crippen molar-refractivity contribution in [2.45, 2.75) is 26.2 Å². The quantitative estimate of drug-likeness (QED) is 0.154. The third-order valence-corrected chi connectivity index (χ3v) is 9.87. The molecule has 0 saturated heterocycles. The van der Waals surface area contributed by atoms with Gasteiger partial charge in [0.1, 0.15) is 11.2 Å². The predicted octanol–water partition coefficient (Wildman–Crippen LogP) is 11.6. The molecule has 6 heteroatoms. The molecule has 0 atom stereocenters. The average Bonchev–Trinajstić information content (AvgIpc) is 3.66. The van der Waals surface area contributed by atoms with Gasteiger partial charge in [0.25, 0.3) is 5.70 Å². The molecule has 0 fully saturated rings. The Bertz CT molecular complexity index is 2250. The fraction of sp³-hybridized carbons (Fsp3) is 0.111. The van der Waals surface area contributed by atoms with Gasteiger partial charge in [0, 0.05) is 47.5 Å². The number of rotatable bonds is 4. The summed E-state index contributed by atoms with van der Waals surface area (Å²) in [5.41, 5.74) is 6.44. The number of nitriles is 1. The first kappa shape index (κ1) is 26.0. The van der Waals surface area contributed by atoms with Crippen molar-refractivity contribution in [2.75, 3.05) is 4.90 Å². The second kappa shape index (κ2) is 9.89. The van der Waals surface area contributed by atoms with E-state index in [2.05, 4.69) is 103 Å². The second-order valence-corrected chi connectivity index (χ2v) is 13.5. The number of para-hydroxylation sites is 1. The van der Waals surface area contributed by atoms with E-state index in [9.17, 15) is 5.26 Å². The second-order valence-electron chi connectivity index (χ2n) is 11.3. The molecule has 42 heavy (non-hydrogen) atoms. The molecule has 0 aliphatic carbocycles. The van der Waals surface area contributed by atoms with Crippen molar-refractivity contribution in [2.24, 2.45) is 0 Å². The van der Waals surface area contributed by atoms with Crippen molar-refractivity contribution in [1.29, 1.82) is 5.26 Å². The minimum Gasteiger partial charge on any atom is -0.456 e. The summed E-state index contributed by atoms with van der Waals surface area (Å²) >= 11 is 3.36. The standard InChI is InChI=1S/C36H25N3OS2/c1-36(2,3)22-9-11-24(12-10-22)39(25-14-16-32-30(18-25)28-7-5-6-8-31(28)40-32)26-13-15-29-33(19-26)42-34-20-27(41-35(29)34)17-23(21-37)38-4/h5-20H,1-3H3/b23-17-. The zero-order valence-corrected chi connectivity index (χ0v) is 24.9. The molecule has 0 bridgehead atoms. The molecule has 0 spiro atoms. The summed E-state index contributed by atoms with van der Waals surface area (Å²) in [6, 6.07) is 34.1. The summed E-state index contributed by atoms with van der Waals surface area (Å²) < 4.78 is 9.67. The molecule has 4 aromatic carbocycles. The number of fused-ring (bicyclic) bond motifs is 6. The van der Waals surface area contributed by atoms with Crippen LogP contribution in [0.25, 0.3) is 52.3 Å². The van der Waals surface area contributed by atoms with Crippen molar-refractivity contribution in [3.63, 3.8) is 0 Å². The lowest BCUT2D eigenvalue weighted by Gasteiger charge is -2.27. The van der Waals surface area contributed by atoms with E-state index in [0.717, 1.165) is 48.6 Å². The maximum absolute atomic E-state index is 9.17. The third-order valence-electron chi connectivity index (χ3n) is 7.53. The van der Waals surface area contributed by atoms with Crippen molar-refractivity contribution in [1.82, 2.24) is 0 Å². The monoisotopic (exact) mass is 579 g/mol. The smallest absolute Gasteiger partial charge is 0.263 e. The molecule has 7 aromatic rings. The Kier molecular flexibility index (Phi) is 6.13. The lowest BCUT2D eigenvalue weighted by molar-refractivity contribution is 0.590. The number of benzene rings is 4. The van der Waals surface area contributed by atoms with Crippen molar-refractivity contribution < 1.29 is 4.42 Å². The number of nitrogens with zero attached hydrogens (tertiary/aromatic N) is 3. The van der Waals surface area contributed by atoms with Gasteiger partial charge in [0.05, 0.1) is 17.3 Å². The van der Waals surface area contributed by atoms with E-state index in [0.29, 0.717) is 0 Å². The van der Waals surface area contributed by atoms with Gasteiger partial charge in [-0.25, -0.2) is 10.1 Å². The summed E-state index contributed by atoms with van der Waals surface area (Å²) in [5, 5.41) is 12.6. The van der Waals surface area contributed by atoms with Gasteiger partial charge >= 0.3 is 0 Å². The lowest BCUT2D eigenvalue weighted by Crippen LogP contribution is -2.13.